The molecule has 0 unspecified atom stereocenters. The molecule has 7 heteroatoms. The second-order valence-electron chi connectivity index (χ2n) is 9.46. The maximum atomic E-state index is 10.9. The Balaban J connectivity index is 1.65. The van der Waals surface area contributed by atoms with Gasteiger partial charge < -0.3 is 29.4 Å². The van der Waals surface area contributed by atoms with Crippen LogP contribution in [0, 0.1) is 0 Å². The zero-order valence-corrected chi connectivity index (χ0v) is 21.1. The summed E-state index contributed by atoms with van der Waals surface area (Å²) >= 11 is 0. The fraction of sp³-hybridized carbons (Fsp3) is 0.241. The molecule has 186 valence electrons. The lowest BCUT2D eigenvalue weighted by atomic mass is 9.99. The molecule has 0 amide bonds. The van der Waals surface area contributed by atoms with Crippen LogP contribution < -0.4 is 4.74 Å². The number of fused-ring (bicyclic) bond motifs is 2. The van der Waals surface area contributed by atoms with E-state index in [9.17, 15) is 10.2 Å². The summed E-state index contributed by atoms with van der Waals surface area (Å²) in [6, 6.07) is 14.1. The van der Waals surface area contributed by atoms with E-state index < -0.39 is 0 Å². The third-order valence-corrected chi connectivity index (χ3v) is 6.73. The molecular weight excluding hydrogens is 452 g/mol. The van der Waals surface area contributed by atoms with Gasteiger partial charge >= 0.3 is 0 Å². The Hall–Kier alpha value is -4.10. The Morgan fingerprint density at radius 1 is 1.08 bits per heavy atom. The molecular formula is C29H32N4O3. The van der Waals surface area contributed by atoms with Crippen molar-refractivity contribution in [2.24, 2.45) is 0 Å². The van der Waals surface area contributed by atoms with Crippen LogP contribution >= 0.6 is 0 Å². The number of methoxy groups -OCH3 is 1. The summed E-state index contributed by atoms with van der Waals surface area (Å²) in [7, 11) is 5.78. The topological polar surface area (TPSA) is 89.4 Å². The van der Waals surface area contributed by atoms with Gasteiger partial charge in [0.15, 0.2) is 11.8 Å². The van der Waals surface area contributed by atoms with Crippen LogP contribution in [0.2, 0.25) is 0 Å². The number of hydrogen-bond donors (Lipinski definition) is 4. The van der Waals surface area contributed by atoms with Crippen molar-refractivity contribution in [2.45, 2.75) is 19.9 Å². The number of nitrogens with one attached hydrogen (secondary N) is 2. The lowest BCUT2D eigenvalue weighted by Gasteiger charge is -2.10. The van der Waals surface area contributed by atoms with Crippen molar-refractivity contribution in [3.8, 4) is 28.6 Å². The smallest absolute Gasteiger partial charge is 0.200 e. The number of nitrogens with zero attached hydrogens (tertiary/aromatic N) is 2. The number of aryl methyl sites for hydroxylation is 1. The Bertz CT molecular complexity index is 1570. The highest BCUT2D eigenvalue weighted by atomic mass is 16.5. The fourth-order valence-corrected chi connectivity index (χ4v) is 4.94. The molecule has 4 N–H and O–H groups in total. The first-order valence-electron chi connectivity index (χ1n) is 12.1. The third kappa shape index (κ3) is 4.22. The third-order valence-electron chi connectivity index (χ3n) is 6.73. The summed E-state index contributed by atoms with van der Waals surface area (Å²) in [5, 5.41) is 23.8. The number of H-pyrrole nitrogens is 2. The molecule has 0 saturated heterocycles. The molecule has 5 aromatic rings. The van der Waals surface area contributed by atoms with Crippen LogP contribution in [0.3, 0.4) is 0 Å². The SMILES string of the molecule is COc1ccc2c(c1)c(-c1c(O)[nH]c(O)c1C=C(C)c1c[nH]c3ccccc13)cn2CCCN(C)C. The Labute approximate surface area is 210 Å². The highest BCUT2D eigenvalue weighted by Gasteiger charge is 2.22. The molecule has 0 radical (unpaired) electrons. The minimum atomic E-state index is -0.0712. The minimum Gasteiger partial charge on any atom is -0.497 e. The van der Waals surface area contributed by atoms with E-state index in [2.05, 4.69) is 45.8 Å². The van der Waals surface area contributed by atoms with Crippen LogP contribution in [0.15, 0.2) is 54.9 Å². The second kappa shape index (κ2) is 9.51. The highest BCUT2D eigenvalue weighted by Crippen LogP contribution is 2.44. The molecule has 0 aliphatic carbocycles. The van der Waals surface area contributed by atoms with Crippen molar-refractivity contribution in [1.82, 2.24) is 19.4 Å². The van der Waals surface area contributed by atoms with E-state index in [1.54, 1.807) is 7.11 Å². The van der Waals surface area contributed by atoms with Gasteiger partial charge in [-0.15, -0.1) is 0 Å². The molecule has 0 atom stereocenters. The van der Waals surface area contributed by atoms with E-state index in [4.69, 9.17) is 4.74 Å². The monoisotopic (exact) mass is 484 g/mol. The number of aromatic hydroxyl groups is 2. The number of rotatable bonds is 8. The van der Waals surface area contributed by atoms with Crippen molar-refractivity contribution in [3.63, 3.8) is 0 Å². The van der Waals surface area contributed by atoms with Gasteiger partial charge in [0, 0.05) is 57.4 Å². The van der Waals surface area contributed by atoms with Crippen LogP contribution in [0.4, 0.5) is 0 Å². The molecule has 2 aromatic carbocycles. The fourth-order valence-electron chi connectivity index (χ4n) is 4.94. The van der Waals surface area contributed by atoms with E-state index >= 15 is 0 Å². The molecule has 5 rings (SSSR count). The first-order valence-corrected chi connectivity index (χ1v) is 12.1. The second-order valence-corrected chi connectivity index (χ2v) is 9.46. The summed E-state index contributed by atoms with van der Waals surface area (Å²) in [4.78, 5) is 8.21. The van der Waals surface area contributed by atoms with E-state index in [0.29, 0.717) is 11.1 Å². The number of aromatic nitrogens is 3. The average Bonchev–Trinajstić information content (AvgIpc) is 3.52. The largest absolute Gasteiger partial charge is 0.497 e. The quantitative estimate of drug-likeness (QED) is 0.216. The molecule has 0 aliphatic heterocycles. The normalized spacial score (nSPS) is 12.3. The molecule has 0 saturated carbocycles. The number of aromatic amines is 2. The first kappa shape index (κ1) is 23.6. The van der Waals surface area contributed by atoms with Crippen LogP contribution in [0.25, 0.3) is 44.6 Å². The van der Waals surface area contributed by atoms with Crippen LogP contribution in [-0.4, -0.2) is 57.4 Å². The summed E-state index contributed by atoms with van der Waals surface area (Å²) in [6.07, 6.45) is 6.94. The summed E-state index contributed by atoms with van der Waals surface area (Å²) in [6.45, 7) is 3.81. The Kier molecular flexibility index (Phi) is 6.24. The molecule has 0 spiro atoms. The van der Waals surface area contributed by atoms with Gasteiger partial charge in [-0.3, -0.25) is 4.98 Å². The Morgan fingerprint density at radius 2 is 1.89 bits per heavy atom. The van der Waals surface area contributed by atoms with Gasteiger partial charge in [-0.2, -0.15) is 0 Å². The summed E-state index contributed by atoms with van der Waals surface area (Å²) in [5.41, 5.74) is 6.06. The van der Waals surface area contributed by atoms with Gasteiger partial charge in [0.05, 0.1) is 12.7 Å². The lowest BCUT2D eigenvalue weighted by molar-refractivity contribution is 0.388. The molecule has 3 heterocycles. The average molecular weight is 485 g/mol. The Morgan fingerprint density at radius 3 is 2.67 bits per heavy atom. The zero-order valence-electron chi connectivity index (χ0n) is 21.1. The number of benzene rings is 2. The van der Waals surface area contributed by atoms with E-state index in [0.717, 1.165) is 63.8 Å². The van der Waals surface area contributed by atoms with Crippen molar-refractivity contribution in [2.75, 3.05) is 27.7 Å². The minimum absolute atomic E-state index is 0.0689. The summed E-state index contributed by atoms with van der Waals surface area (Å²) in [5.74, 6) is 0.597. The molecule has 0 fully saturated rings. The van der Waals surface area contributed by atoms with Crippen LogP contribution in [0.5, 0.6) is 17.5 Å². The number of ether oxygens (including phenoxy) is 1. The van der Waals surface area contributed by atoms with Gasteiger partial charge in [0.25, 0.3) is 0 Å². The van der Waals surface area contributed by atoms with Gasteiger partial charge in [-0.25, -0.2) is 0 Å². The predicted octanol–water partition coefficient (Wildman–Crippen LogP) is 6.05. The van der Waals surface area contributed by atoms with Crippen molar-refractivity contribution >= 4 is 33.5 Å². The summed E-state index contributed by atoms with van der Waals surface area (Å²) < 4.78 is 7.71. The number of hydrogen-bond acceptors (Lipinski definition) is 4. The van der Waals surface area contributed by atoms with Gasteiger partial charge in [0.1, 0.15) is 5.75 Å². The molecule has 3 aromatic heterocycles. The van der Waals surface area contributed by atoms with Crippen molar-refractivity contribution < 1.29 is 14.9 Å². The predicted molar refractivity (Wildman–Crippen MR) is 147 cm³/mol. The molecule has 7 nitrogen and oxygen atoms in total. The number of allylic oxidation sites excluding steroid dienone is 1. The van der Waals surface area contributed by atoms with Crippen molar-refractivity contribution in [1.29, 1.82) is 0 Å². The van der Waals surface area contributed by atoms with Gasteiger partial charge in [-0.1, -0.05) is 18.2 Å². The van der Waals surface area contributed by atoms with Crippen LogP contribution in [0.1, 0.15) is 24.5 Å². The van der Waals surface area contributed by atoms with E-state index in [1.807, 2.05) is 55.6 Å². The first-order chi connectivity index (χ1) is 17.4. The van der Waals surface area contributed by atoms with Gasteiger partial charge in [0.2, 0.25) is 0 Å². The number of para-hydroxylation sites is 1. The molecule has 0 bridgehead atoms. The van der Waals surface area contributed by atoms with Crippen LogP contribution in [-0.2, 0) is 6.54 Å². The molecule has 0 aliphatic rings. The lowest BCUT2D eigenvalue weighted by Crippen LogP contribution is -2.14. The van der Waals surface area contributed by atoms with Crippen molar-refractivity contribution in [3.05, 3.63) is 66.0 Å². The zero-order chi connectivity index (χ0) is 25.4. The maximum absolute atomic E-state index is 10.9. The highest BCUT2D eigenvalue weighted by molar-refractivity contribution is 6.03. The standard InChI is InChI=1S/C29H32N4O3/c1-18(23-16-30-25-9-6-5-8-20(23)25)14-22-27(29(35)31-28(22)34)24-17-33(13-7-12-32(2)3)26-11-10-19(36-4)15-21(24)26/h5-6,8-11,14-17,30-31,34-35H,7,12-13H2,1-4H3. The van der Waals surface area contributed by atoms with E-state index in [1.165, 1.54) is 0 Å². The maximum Gasteiger partial charge on any atom is 0.200 e. The van der Waals surface area contributed by atoms with E-state index in [-0.39, 0.29) is 11.8 Å². The molecule has 36 heavy (non-hydrogen) atoms. The van der Waals surface area contributed by atoms with Gasteiger partial charge in [-0.05, 0) is 69.9 Å².